The number of likely N-dealkylation sites (tertiary alicyclic amines) is 1. The van der Waals surface area contributed by atoms with Crippen molar-refractivity contribution in [3.05, 3.63) is 100 Å². The predicted molar refractivity (Wildman–Crippen MR) is 143 cm³/mol. The first-order valence-corrected chi connectivity index (χ1v) is 13.0. The fraction of sp³-hybridized carbons (Fsp3) is 0.310. The Kier molecular flexibility index (Phi) is 7.64. The highest BCUT2D eigenvalue weighted by atomic mass is 35.5. The number of hydrogen-bond donors (Lipinski definition) is 1. The van der Waals surface area contributed by atoms with E-state index in [-0.39, 0.29) is 18.4 Å². The number of benzene rings is 2. The van der Waals surface area contributed by atoms with Crippen molar-refractivity contribution in [3.63, 3.8) is 0 Å². The molecule has 1 aromatic heterocycles. The molecule has 0 unspecified atom stereocenters. The minimum Gasteiger partial charge on any atom is -0.334 e. The van der Waals surface area contributed by atoms with E-state index in [0.29, 0.717) is 55.4 Å². The topological polar surface area (TPSA) is 48.5 Å². The molecule has 2 aliphatic heterocycles. The molecule has 3 aromatic rings. The first-order valence-electron chi connectivity index (χ1n) is 12.6. The molecule has 1 fully saturated rings. The van der Waals surface area contributed by atoms with Crippen molar-refractivity contribution in [1.29, 1.82) is 0 Å². The fourth-order valence-electron chi connectivity index (χ4n) is 5.36. The maximum Gasteiger partial charge on any atom is 0.416 e. The highest BCUT2D eigenvalue weighted by Gasteiger charge is 2.47. The summed E-state index contributed by atoms with van der Waals surface area (Å²) in [6.07, 6.45) is 2.24. The molecule has 10 heteroatoms. The lowest BCUT2D eigenvalue weighted by molar-refractivity contribution is -0.137. The molecule has 3 heterocycles. The average molecular weight is 559 g/mol. The van der Waals surface area contributed by atoms with Crippen LogP contribution in [0.15, 0.2) is 66.9 Å². The lowest BCUT2D eigenvalue weighted by atomic mass is 9.74. The summed E-state index contributed by atoms with van der Waals surface area (Å²) in [5, 5.41) is 3.18. The zero-order valence-electron chi connectivity index (χ0n) is 21.0. The highest BCUT2D eigenvalue weighted by molar-refractivity contribution is 6.29. The van der Waals surface area contributed by atoms with E-state index in [2.05, 4.69) is 15.2 Å². The Hall–Kier alpha value is -3.43. The van der Waals surface area contributed by atoms with Gasteiger partial charge in [-0.25, -0.2) is 14.2 Å². The van der Waals surface area contributed by atoms with Crippen molar-refractivity contribution in [1.82, 2.24) is 15.2 Å². The Morgan fingerprint density at radius 3 is 2.51 bits per heavy atom. The van der Waals surface area contributed by atoms with Crippen LogP contribution < -0.4 is 10.2 Å². The number of hydrogen-bond acceptors (Lipinski definition) is 3. The van der Waals surface area contributed by atoms with Gasteiger partial charge in [0.2, 0.25) is 0 Å². The molecule has 1 saturated heterocycles. The Morgan fingerprint density at radius 1 is 1.08 bits per heavy atom. The molecular formula is C29H27ClF4N4O. The zero-order chi connectivity index (χ0) is 27.6. The minimum absolute atomic E-state index is 0.217. The number of halogens is 5. The van der Waals surface area contributed by atoms with Crippen LogP contribution in [0.5, 0.6) is 0 Å². The van der Waals surface area contributed by atoms with Crippen LogP contribution in [0, 0.1) is 5.82 Å². The van der Waals surface area contributed by atoms with E-state index >= 15 is 0 Å². The molecule has 204 valence electrons. The zero-order valence-corrected chi connectivity index (χ0v) is 21.8. The number of piperidine rings is 1. The van der Waals surface area contributed by atoms with E-state index in [1.54, 1.807) is 35.4 Å². The lowest BCUT2D eigenvalue weighted by Crippen LogP contribution is -2.47. The number of urea groups is 1. The van der Waals surface area contributed by atoms with Crippen LogP contribution in [0.4, 0.5) is 28.0 Å². The van der Waals surface area contributed by atoms with Crippen molar-refractivity contribution in [2.75, 3.05) is 31.1 Å². The van der Waals surface area contributed by atoms with Crippen LogP contribution in [-0.2, 0) is 18.1 Å². The first kappa shape index (κ1) is 27.1. The molecule has 0 saturated carbocycles. The Bertz CT molecular complexity index is 1370. The molecule has 0 bridgehead atoms. The van der Waals surface area contributed by atoms with Gasteiger partial charge < -0.3 is 5.32 Å². The average Bonchev–Trinajstić information content (AvgIpc) is 3.22. The number of alkyl halides is 3. The van der Waals surface area contributed by atoms with E-state index in [1.807, 2.05) is 12.2 Å². The number of amides is 2. The van der Waals surface area contributed by atoms with Gasteiger partial charge in [0.15, 0.2) is 0 Å². The van der Waals surface area contributed by atoms with Gasteiger partial charge >= 0.3 is 12.2 Å². The van der Waals surface area contributed by atoms with Crippen molar-refractivity contribution < 1.29 is 22.4 Å². The van der Waals surface area contributed by atoms with Crippen LogP contribution in [0.2, 0.25) is 5.15 Å². The number of rotatable bonds is 5. The summed E-state index contributed by atoms with van der Waals surface area (Å²) in [6.45, 7) is 2.55. The summed E-state index contributed by atoms with van der Waals surface area (Å²) >= 11 is 5.94. The molecular weight excluding hydrogens is 532 g/mol. The Balaban J connectivity index is 1.31. The Labute approximate surface area is 229 Å². The van der Waals surface area contributed by atoms with Crippen LogP contribution in [-0.4, -0.2) is 42.1 Å². The SMILES string of the molecule is O=C(NCc1ccnc(Cl)c1)N1CC2(CCN(CC=Cc3ccc(F)cc3)CC2)c2cc(C(F)(F)F)ccc21. The van der Waals surface area contributed by atoms with Crippen molar-refractivity contribution in [2.24, 2.45) is 0 Å². The molecule has 5 rings (SSSR count). The van der Waals surface area contributed by atoms with Crippen molar-refractivity contribution >= 4 is 29.4 Å². The maximum atomic E-state index is 13.6. The number of anilines is 1. The highest BCUT2D eigenvalue weighted by Crippen LogP contribution is 2.48. The molecule has 2 aromatic carbocycles. The molecule has 2 aliphatic rings. The number of fused-ring (bicyclic) bond motifs is 2. The molecule has 1 N–H and O–H groups in total. The summed E-state index contributed by atoms with van der Waals surface area (Å²) < 4.78 is 54.0. The third-order valence-corrected chi connectivity index (χ3v) is 7.69. The first-order chi connectivity index (χ1) is 18.6. The standard InChI is InChI=1S/C29H27ClF4N4O/c30-26-16-21(9-12-35-26)18-36-27(39)38-19-28(24-17-22(29(32,33)34)5-8-25(24)38)10-14-37(15-11-28)13-1-2-20-3-6-23(31)7-4-20/h1-9,12,16-17H,10-11,13-15,18-19H2,(H,36,39). The molecule has 5 nitrogen and oxygen atoms in total. The van der Waals surface area contributed by atoms with Gasteiger partial charge in [0, 0.05) is 36.9 Å². The van der Waals surface area contributed by atoms with Gasteiger partial charge in [0.05, 0.1) is 5.56 Å². The van der Waals surface area contributed by atoms with Gasteiger partial charge in [-0.1, -0.05) is 35.9 Å². The van der Waals surface area contributed by atoms with E-state index in [4.69, 9.17) is 11.6 Å². The largest absolute Gasteiger partial charge is 0.416 e. The normalized spacial score (nSPS) is 17.1. The summed E-state index contributed by atoms with van der Waals surface area (Å²) in [6, 6.07) is 12.9. The van der Waals surface area contributed by atoms with E-state index in [1.165, 1.54) is 24.3 Å². The smallest absolute Gasteiger partial charge is 0.334 e. The van der Waals surface area contributed by atoms with Gasteiger partial charge in [-0.3, -0.25) is 9.80 Å². The molecule has 1 spiro atoms. The second kappa shape index (κ2) is 11.0. The third kappa shape index (κ3) is 6.09. The minimum atomic E-state index is -4.47. The van der Waals surface area contributed by atoms with Crippen LogP contribution in [0.1, 0.15) is 35.1 Å². The van der Waals surface area contributed by atoms with Crippen LogP contribution in [0.3, 0.4) is 0 Å². The maximum absolute atomic E-state index is 13.6. The summed E-state index contributed by atoms with van der Waals surface area (Å²) in [5.74, 6) is -0.288. The second-order valence-electron chi connectivity index (χ2n) is 10.00. The van der Waals surface area contributed by atoms with Crippen molar-refractivity contribution in [2.45, 2.75) is 31.0 Å². The molecule has 2 amide bonds. The van der Waals surface area contributed by atoms with Gasteiger partial charge in [0.25, 0.3) is 0 Å². The van der Waals surface area contributed by atoms with E-state index in [9.17, 15) is 22.4 Å². The Morgan fingerprint density at radius 2 is 1.82 bits per heavy atom. The summed E-state index contributed by atoms with van der Waals surface area (Å²) in [7, 11) is 0. The number of carbonyl (C=O) groups excluding carboxylic acids is 1. The van der Waals surface area contributed by atoms with Crippen LogP contribution in [0.25, 0.3) is 6.08 Å². The number of aromatic nitrogens is 1. The van der Waals surface area contributed by atoms with Crippen LogP contribution >= 0.6 is 11.6 Å². The van der Waals surface area contributed by atoms with Gasteiger partial charge in [-0.2, -0.15) is 13.2 Å². The number of nitrogens with zero attached hydrogens (tertiary/aromatic N) is 3. The molecule has 0 radical (unpaired) electrons. The predicted octanol–water partition coefficient (Wildman–Crippen LogP) is 6.67. The van der Waals surface area contributed by atoms with Gasteiger partial charge in [0.1, 0.15) is 11.0 Å². The van der Waals surface area contributed by atoms with Crippen molar-refractivity contribution in [3.8, 4) is 0 Å². The molecule has 0 aliphatic carbocycles. The molecule has 39 heavy (non-hydrogen) atoms. The fourth-order valence-corrected chi connectivity index (χ4v) is 5.55. The lowest BCUT2D eigenvalue weighted by Gasteiger charge is -2.39. The summed E-state index contributed by atoms with van der Waals surface area (Å²) in [5.41, 5.74) is 1.47. The van der Waals surface area contributed by atoms with E-state index < -0.39 is 17.2 Å². The number of nitrogens with one attached hydrogen (secondary N) is 1. The quantitative estimate of drug-likeness (QED) is 0.281. The second-order valence-corrected chi connectivity index (χ2v) is 10.4. The number of pyridine rings is 1. The van der Waals surface area contributed by atoms with E-state index in [0.717, 1.165) is 17.2 Å². The van der Waals surface area contributed by atoms with Gasteiger partial charge in [-0.05, 0) is 85.1 Å². The third-order valence-electron chi connectivity index (χ3n) is 7.48. The summed E-state index contributed by atoms with van der Waals surface area (Å²) in [4.78, 5) is 21.0. The molecule has 0 atom stereocenters. The number of carbonyl (C=O) groups is 1. The van der Waals surface area contributed by atoms with Gasteiger partial charge in [-0.15, -0.1) is 0 Å². The monoisotopic (exact) mass is 558 g/mol.